The number of carbonyl (C=O) groups is 1. The highest BCUT2D eigenvalue weighted by Gasteiger charge is 2.25. The minimum atomic E-state index is -1.08. The number of carbonyl (C=O) groups excluding carboxylic acids is 1. The fourth-order valence-corrected chi connectivity index (χ4v) is 4.24. The van der Waals surface area contributed by atoms with E-state index in [0.29, 0.717) is 28.3 Å². The van der Waals surface area contributed by atoms with Crippen molar-refractivity contribution in [2.45, 2.75) is 44.8 Å². The van der Waals surface area contributed by atoms with Crippen LogP contribution in [0.5, 0.6) is 0 Å². The van der Waals surface area contributed by atoms with E-state index >= 15 is 0 Å². The molecule has 1 amide bonds. The molecule has 0 fully saturated rings. The Bertz CT molecular complexity index is 1330. The average molecular weight is 474 g/mol. The van der Waals surface area contributed by atoms with E-state index in [1.165, 1.54) is 35.9 Å². The predicted molar refractivity (Wildman–Crippen MR) is 135 cm³/mol. The van der Waals surface area contributed by atoms with Gasteiger partial charge >= 0.3 is 0 Å². The fraction of sp³-hybridized carbons (Fsp3) is 0.233. The number of fused-ring (bicyclic) bond motifs is 1. The molecule has 0 aliphatic carbocycles. The zero-order valence-corrected chi connectivity index (χ0v) is 20.1. The summed E-state index contributed by atoms with van der Waals surface area (Å²) in [6, 6.07) is 22.5. The summed E-state index contributed by atoms with van der Waals surface area (Å²) in [4.78, 5) is 13.3. The lowest BCUT2D eigenvalue weighted by molar-refractivity contribution is 0.0833. The molecule has 4 aromatic carbocycles. The van der Waals surface area contributed by atoms with Crippen molar-refractivity contribution in [1.29, 1.82) is 0 Å². The Morgan fingerprint density at radius 2 is 1.49 bits per heavy atom. The maximum Gasteiger partial charge on any atom is 0.252 e. The molecule has 0 aromatic heterocycles. The lowest BCUT2D eigenvalue weighted by Gasteiger charge is -2.26. The molecular formula is C30H29F2NO2. The first-order valence-electron chi connectivity index (χ1n) is 11.6. The summed E-state index contributed by atoms with van der Waals surface area (Å²) in [5.41, 5.74) is 2.93. The van der Waals surface area contributed by atoms with Gasteiger partial charge in [0.25, 0.3) is 5.91 Å². The van der Waals surface area contributed by atoms with E-state index in [-0.39, 0.29) is 5.41 Å². The maximum absolute atomic E-state index is 14.3. The molecule has 0 spiro atoms. The largest absolute Gasteiger partial charge is 0.386 e. The van der Waals surface area contributed by atoms with Gasteiger partial charge in [0.05, 0.1) is 12.1 Å². The third kappa shape index (κ3) is 5.57. The van der Waals surface area contributed by atoms with Crippen molar-refractivity contribution in [2.75, 3.05) is 0 Å². The second kappa shape index (κ2) is 9.96. The van der Waals surface area contributed by atoms with Gasteiger partial charge in [0, 0.05) is 10.9 Å². The molecule has 180 valence electrons. The van der Waals surface area contributed by atoms with Gasteiger partial charge in [0.15, 0.2) is 0 Å². The first-order valence-corrected chi connectivity index (χ1v) is 11.6. The molecule has 3 nitrogen and oxygen atoms in total. The first-order chi connectivity index (χ1) is 16.6. The molecule has 2 unspecified atom stereocenters. The topological polar surface area (TPSA) is 49.3 Å². The van der Waals surface area contributed by atoms with Gasteiger partial charge in [-0.2, -0.15) is 0 Å². The van der Waals surface area contributed by atoms with Gasteiger partial charge in [0.2, 0.25) is 0 Å². The second-order valence-corrected chi connectivity index (χ2v) is 9.87. The van der Waals surface area contributed by atoms with Gasteiger partial charge in [0.1, 0.15) is 11.6 Å². The molecule has 2 atom stereocenters. The summed E-state index contributed by atoms with van der Waals surface area (Å²) in [6.07, 6.45) is -0.720. The van der Waals surface area contributed by atoms with Crippen molar-refractivity contribution in [3.8, 4) is 0 Å². The Balaban J connectivity index is 1.66. The molecule has 4 aromatic rings. The zero-order chi connectivity index (χ0) is 25.2. The molecule has 0 aliphatic rings. The van der Waals surface area contributed by atoms with Gasteiger partial charge in [-0.15, -0.1) is 0 Å². The zero-order valence-electron chi connectivity index (χ0n) is 20.1. The highest BCUT2D eigenvalue weighted by Crippen LogP contribution is 2.26. The average Bonchev–Trinajstić information content (AvgIpc) is 2.83. The second-order valence-electron chi connectivity index (χ2n) is 9.87. The van der Waals surface area contributed by atoms with Crippen molar-refractivity contribution in [3.63, 3.8) is 0 Å². The van der Waals surface area contributed by atoms with Crippen molar-refractivity contribution in [2.24, 2.45) is 0 Å². The van der Waals surface area contributed by atoms with Crippen molar-refractivity contribution < 1.29 is 18.7 Å². The fourth-order valence-electron chi connectivity index (χ4n) is 4.24. The van der Waals surface area contributed by atoms with Gasteiger partial charge in [-0.05, 0) is 58.2 Å². The van der Waals surface area contributed by atoms with E-state index in [9.17, 15) is 18.7 Å². The normalized spacial score (nSPS) is 13.4. The van der Waals surface area contributed by atoms with Crippen LogP contribution in [0.15, 0.2) is 84.9 Å². The number of halogens is 2. The quantitative estimate of drug-likeness (QED) is 0.336. The van der Waals surface area contributed by atoms with Crippen LogP contribution < -0.4 is 5.32 Å². The number of rotatable bonds is 6. The van der Waals surface area contributed by atoms with Gasteiger partial charge in [-0.1, -0.05) is 81.4 Å². The highest BCUT2D eigenvalue weighted by molar-refractivity contribution is 6.07. The van der Waals surface area contributed by atoms with Crippen LogP contribution in [0.2, 0.25) is 0 Å². The number of aliphatic hydroxyl groups is 1. The molecule has 0 aliphatic heterocycles. The van der Waals surface area contributed by atoms with Gasteiger partial charge < -0.3 is 10.4 Å². The molecule has 0 radical (unpaired) electrons. The molecule has 0 saturated heterocycles. The molecule has 0 bridgehead atoms. The molecule has 0 heterocycles. The van der Waals surface area contributed by atoms with E-state index < -0.39 is 29.7 Å². The minimum absolute atomic E-state index is 0.00339. The lowest BCUT2D eigenvalue weighted by atomic mass is 9.86. The molecule has 0 saturated carbocycles. The maximum atomic E-state index is 14.3. The third-order valence-electron chi connectivity index (χ3n) is 6.30. The summed E-state index contributed by atoms with van der Waals surface area (Å²) in [6.45, 7) is 6.41. The number of amides is 1. The Kier molecular flexibility index (Phi) is 6.99. The highest BCUT2D eigenvalue weighted by atomic mass is 19.1. The summed E-state index contributed by atoms with van der Waals surface area (Å²) in [7, 11) is 0. The molecule has 35 heavy (non-hydrogen) atoms. The summed E-state index contributed by atoms with van der Waals surface area (Å²) in [5, 5.41) is 15.0. The van der Waals surface area contributed by atoms with Crippen LogP contribution in [0.25, 0.3) is 10.8 Å². The predicted octanol–water partition coefficient (Wildman–Crippen LogP) is 6.49. The number of hydrogen-bond donors (Lipinski definition) is 2. The van der Waals surface area contributed by atoms with E-state index in [1.54, 1.807) is 30.3 Å². The molecule has 4 rings (SSSR count). The molecule has 5 heteroatoms. The monoisotopic (exact) mass is 473 g/mol. The van der Waals surface area contributed by atoms with Gasteiger partial charge in [-0.3, -0.25) is 4.79 Å². The van der Waals surface area contributed by atoms with Crippen LogP contribution in [-0.4, -0.2) is 17.1 Å². The van der Waals surface area contributed by atoms with Crippen molar-refractivity contribution in [1.82, 2.24) is 5.32 Å². The van der Waals surface area contributed by atoms with Crippen LogP contribution in [0.4, 0.5) is 8.78 Å². The number of nitrogens with one attached hydrogen (secondary N) is 1. The minimum Gasteiger partial charge on any atom is -0.386 e. The lowest BCUT2D eigenvalue weighted by Crippen LogP contribution is -2.41. The standard InChI is InChI=1S/C30H29F2NO2/c1-30(2,3)21-14-10-19(11-15-21)18-27(28(34)20-12-16-22(31)17-13-20)33-29(35)25-8-4-7-24-23(25)6-5-9-26(24)32/h4-17,27-28,34H,18H2,1-3H3,(H,33,35). The number of aliphatic hydroxyl groups excluding tert-OH is 1. The Morgan fingerprint density at radius 1 is 0.857 bits per heavy atom. The molecular weight excluding hydrogens is 444 g/mol. The van der Waals surface area contributed by atoms with Crippen LogP contribution in [0.1, 0.15) is 53.9 Å². The van der Waals surface area contributed by atoms with Gasteiger partial charge in [-0.25, -0.2) is 8.78 Å². The third-order valence-corrected chi connectivity index (χ3v) is 6.30. The molecule has 2 N–H and O–H groups in total. The number of hydrogen-bond acceptors (Lipinski definition) is 2. The summed E-state index contributed by atoms with van der Waals surface area (Å²) < 4.78 is 27.7. The first kappa shape index (κ1) is 24.6. The summed E-state index contributed by atoms with van der Waals surface area (Å²) in [5.74, 6) is -1.23. The van der Waals surface area contributed by atoms with E-state index in [1.807, 2.05) is 24.3 Å². The van der Waals surface area contributed by atoms with Crippen LogP contribution >= 0.6 is 0 Å². The van der Waals surface area contributed by atoms with E-state index in [2.05, 4.69) is 26.1 Å². The number of benzene rings is 4. The van der Waals surface area contributed by atoms with E-state index in [0.717, 1.165) is 5.56 Å². The van der Waals surface area contributed by atoms with E-state index in [4.69, 9.17) is 0 Å². The summed E-state index contributed by atoms with van der Waals surface area (Å²) >= 11 is 0. The SMILES string of the molecule is CC(C)(C)c1ccc(CC(NC(=O)c2cccc3c(F)cccc23)C(O)c2ccc(F)cc2)cc1. The van der Waals surface area contributed by atoms with Crippen molar-refractivity contribution >= 4 is 16.7 Å². The smallest absolute Gasteiger partial charge is 0.252 e. The van der Waals surface area contributed by atoms with Crippen LogP contribution in [0, 0.1) is 11.6 Å². The van der Waals surface area contributed by atoms with Crippen LogP contribution in [-0.2, 0) is 11.8 Å². The van der Waals surface area contributed by atoms with Crippen LogP contribution in [0.3, 0.4) is 0 Å². The van der Waals surface area contributed by atoms with Crippen molar-refractivity contribution in [3.05, 3.63) is 119 Å². The Morgan fingerprint density at radius 3 is 2.14 bits per heavy atom. The Labute approximate surface area is 204 Å². The Hall–Kier alpha value is -3.57.